The van der Waals surface area contributed by atoms with E-state index in [1.54, 1.807) is 18.2 Å². The van der Waals surface area contributed by atoms with Crippen LogP contribution in [-0.2, 0) is 13.2 Å². The molecule has 0 radical (unpaired) electrons. The summed E-state index contributed by atoms with van der Waals surface area (Å²) in [5, 5.41) is 9.28. The summed E-state index contributed by atoms with van der Waals surface area (Å²) >= 11 is 0. The monoisotopic (exact) mass is 353 g/mol. The Labute approximate surface area is 155 Å². The number of carbonyl (C=O) groups excluding carboxylic acids is 1. The molecule has 26 heavy (non-hydrogen) atoms. The SMILES string of the molecule is CN(C)Cc1ccc([C@@H]2CCCCN2C(=O)c2cccc(CO)n2)cc1. The number of nitrogens with zero attached hydrogens (tertiary/aromatic N) is 3. The smallest absolute Gasteiger partial charge is 0.272 e. The maximum absolute atomic E-state index is 13.0. The Hall–Kier alpha value is -2.24. The molecule has 1 atom stereocenters. The average Bonchev–Trinajstić information content (AvgIpc) is 2.67. The van der Waals surface area contributed by atoms with Gasteiger partial charge in [0.25, 0.3) is 5.91 Å². The Morgan fingerprint density at radius 2 is 1.96 bits per heavy atom. The molecule has 0 unspecified atom stereocenters. The van der Waals surface area contributed by atoms with Gasteiger partial charge in [-0.15, -0.1) is 0 Å². The van der Waals surface area contributed by atoms with Crippen LogP contribution in [0.4, 0.5) is 0 Å². The van der Waals surface area contributed by atoms with Crippen LogP contribution in [0.5, 0.6) is 0 Å². The van der Waals surface area contributed by atoms with E-state index in [0.29, 0.717) is 11.4 Å². The highest BCUT2D eigenvalue weighted by Gasteiger charge is 2.29. The lowest BCUT2D eigenvalue weighted by Crippen LogP contribution is -2.39. The minimum Gasteiger partial charge on any atom is -0.390 e. The van der Waals surface area contributed by atoms with Gasteiger partial charge in [-0.25, -0.2) is 4.98 Å². The molecule has 1 saturated heterocycles. The maximum Gasteiger partial charge on any atom is 0.272 e. The van der Waals surface area contributed by atoms with Crippen molar-refractivity contribution in [2.24, 2.45) is 0 Å². The summed E-state index contributed by atoms with van der Waals surface area (Å²) in [4.78, 5) is 21.4. The molecule has 0 bridgehead atoms. The van der Waals surface area contributed by atoms with Crippen molar-refractivity contribution in [3.05, 3.63) is 65.0 Å². The highest BCUT2D eigenvalue weighted by atomic mass is 16.3. The number of aliphatic hydroxyl groups is 1. The van der Waals surface area contributed by atoms with Gasteiger partial charge in [0.05, 0.1) is 18.3 Å². The first-order valence-electron chi connectivity index (χ1n) is 9.20. The molecule has 1 fully saturated rings. The first-order chi connectivity index (χ1) is 12.6. The van der Waals surface area contributed by atoms with Gasteiger partial charge in [0.2, 0.25) is 0 Å². The van der Waals surface area contributed by atoms with Crippen LogP contribution in [0.2, 0.25) is 0 Å². The highest BCUT2D eigenvalue weighted by molar-refractivity contribution is 5.92. The number of amides is 1. The number of hydrogen-bond donors (Lipinski definition) is 1. The standard InChI is InChI=1S/C21H27N3O2/c1-23(2)14-16-9-11-17(12-10-16)20-8-3-4-13-24(20)21(26)19-7-5-6-18(15-25)22-19/h5-7,9-12,20,25H,3-4,8,13-15H2,1-2H3/t20-/m0/s1. The number of likely N-dealkylation sites (tertiary alicyclic amines) is 1. The molecule has 1 amide bonds. The number of benzene rings is 1. The summed E-state index contributed by atoms with van der Waals surface area (Å²) in [6, 6.07) is 13.9. The van der Waals surface area contributed by atoms with Crippen LogP contribution in [0.15, 0.2) is 42.5 Å². The molecule has 2 heterocycles. The fraction of sp³-hybridized carbons (Fsp3) is 0.429. The predicted octanol–water partition coefficient (Wildman–Crippen LogP) is 3.00. The van der Waals surface area contributed by atoms with Crippen LogP contribution >= 0.6 is 0 Å². The van der Waals surface area contributed by atoms with Crippen LogP contribution < -0.4 is 0 Å². The molecule has 0 aliphatic carbocycles. The van der Waals surface area contributed by atoms with E-state index in [1.165, 1.54) is 11.1 Å². The highest BCUT2D eigenvalue weighted by Crippen LogP contribution is 2.32. The molecule has 3 rings (SSSR count). The normalized spacial score (nSPS) is 17.5. The van der Waals surface area contributed by atoms with Crippen molar-refractivity contribution in [3.63, 3.8) is 0 Å². The summed E-state index contributed by atoms with van der Waals surface area (Å²) in [7, 11) is 4.12. The Morgan fingerprint density at radius 1 is 1.19 bits per heavy atom. The molecule has 0 saturated carbocycles. The van der Waals surface area contributed by atoms with Crippen LogP contribution in [0.1, 0.15) is 52.6 Å². The molecular weight excluding hydrogens is 326 g/mol. The number of pyridine rings is 1. The van der Waals surface area contributed by atoms with Gasteiger partial charge in [0.1, 0.15) is 5.69 Å². The lowest BCUT2D eigenvalue weighted by molar-refractivity contribution is 0.0605. The van der Waals surface area contributed by atoms with Crippen LogP contribution in [0.25, 0.3) is 0 Å². The van der Waals surface area contributed by atoms with E-state index in [0.717, 1.165) is 32.4 Å². The van der Waals surface area contributed by atoms with Crippen molar-refractivity contribution >= 4 is 5.91 Å². The Morgan fingerprint density at radius 3 is 2.65 bits per heavy atom. The second kappa shape index (κ2) is 8.43. The van der Waals surface area contributed by atoms with Gasteiger partial charge in [-0.05, 0) is 56.6 Å². The van der Waals surface area contributed by atoms with E-state index in [9.17, 15) is 9.90 Å². The van der Waals surface area contributed by atoms with Crippen LogP contribution in [0, 0.1) is 0 Å². The summed E-state index contributed by atoms with van der Waals surface area (Å²) in [5.41, 5.74) is 3.38. The van der Waals surface area contributed by atoms with Gasteiger partial charge in [-0.3, -0.25) is 4.79 Å². The first-order valence-corrected chi connectivity index (χ1v) is 9.20. The Balaban J connectivity index is 1.82. The van der Waals surface area contributed by atoms with Crippen molar-refractivity contribution in [1.82, 2.24) is 14.8 Å². The number of rotatable bonds is 5. The van der Waals surface area contributed by atoms with Gasteiger partial charge in [-0.2, -0.15) is 0 Å². The second-order valence-electron chi connectivity index (χ2n) is 7.16. The zero-order valence-corrected chi connectivity index (χ0v) is 15.6. The quantitative estimate of drug-likeness (QED) is 0.898. The number of hydrogen-bond acceptors (Lipinski definition) is 4. The molecule has 5 nitrogen and oxygen atoms in total. The number of aromatic nitrogens is 1. The van der Waals surface area contributed by atoms with E-state index in [1.807, 2.05) is 4.90 Å². The zero-order valence-electron chi connectivity index (χ0n) is 15.6. The summed E-state index contributed by atoms with van der Waals surface area (Å²) in [6.45, 7) is 1.50. The average molecular weight is 353 g/mol. The molecule has 5 heteroatoms. The second-order valence-corrected chi connectivity index (χ2v) is 7.16. The van der Waals surface area contributed by atoms with E-state index in [2.05, 4.69) is 48.2 Å². The molecular formula is C21H27N3O2. The van der Waals surface area contributed by atoms with E-state index < -0.39 is 0 Å². The molecule has 1 aromatic carbocycles. The molecule has 1 aliphatic heterocycles. The van der Waals surface area contributed by atoms with Gasteiger partial charge in [0.15, 0.2) is 0 Å². The molecule has 0 spiro atoms. The number of carbonyl (C=O) groups is 1. The van der Waals surface area contributed by atoms with Crippen molar-refractivity contribution in [1.29, 1.82) is 0 Å². The fourth-order valence-corrected chi connectivity index (χ4v) is 3.57. The van der Waals surface area contributed by atoms with Crippen LogP contribution in [-0.4, -0.2) is 46.4 Å². The minimum atomic E-state index is -0.155. The van der Waals surface area contributed by atoms with Gasteiger partial charge in [-0.1, -0.05) is 30.3 Å². The van der Waals surface area contributed by atoms with E-state index in [-0.39, 0.29) is 18.6 Å². The van der Waals surface area contributed by atoms with Gasteiger partial charge >= 0.3 is 0 Å². The molecule has 138 valence electrons. The topological polar surface area (TPSA) is 56.7 Å². The Bertz CT molecular complexity index is 743. The minimum absolute atomic E-state index is 0.0534. The maximum atomic E-state index is 13.0. The molecule has 2 aromatic rings. The summed E-state index contributed by atoms with van der Waals surface area (Å²) in [5.74, 6) is -0.0534. The zero-order chi connectivity index (χ0) is 18.5. The van der Waals surface area contributed by atoms with Crippen molar-refractivity contribution in [2.75, 3.05) is 20.6 Å². The van der Waals surface area contributed by atoms with Crippen molar-refractivity contribution in [3.8, 4) is 0 Å². The molecule has 1 aromatic heterocycles. The third-order valence-electron chi connectivity index (χ3n) is 4.81. The largest absolute Gasteiger partial charge is 0.390 e. The van der Waals surface area contributed by atoms with Crippen molar-refractivity contribution in [2.45, 2.75) is 38.5 Å². The number of piperidine rings is 1. The van der Waals surface area contributed by atoms with Gasteiger partial charge in [0, 0.05) is 13.1 Å². The lowest BCUT2D eigenvalue weighted by Gasteiger charge is -2.36. The van der Waals surface area contributed by atoms with Gasteiger partial charge < -0.3 is 14.9 Å². The number of aliphatic hydroxyl groups excluding tert-OH is 1. The summed E-state index contributed by atoms with van der Waals surface area (Å²) < 4.78 is 0. The van der Waals surface area contributed by atoms with E-state index in [4.69, 9.17) is 0 Å². The van der Waals surface area contributed by atoms with Crippen molar-refractivity contribution < 1.29 is 9.90 Å². The molecule has 1 N–H and O–H groups in total. The summed E-state index contributed by atoms with van der Waals surface area (Å²) in [6.07, 6.45) is 3.11. The van der Waals surface area contributed by atoms with E-state index >= 15 is 0 Å². The third-order valence-corrected chi connectivity index (χ3v) is 4.81. The third kappa shape index (κ3) is 4.29. The first kappa shape index (κ1) is 18.5. The lowest BCUT2D eigenvalue weighted by atomic mass is 9.94. The predicted molar refractivity (Wildman–Crippen MR) is 102 cm³/mol. The fourth-order valence-electron chi connectivity index (χ4n) is 3.57. The van der Waals surface area contributed by atoms with Crippen LogP contribution in [0.3, 0.4) is 0 Å². The Kier molecular flexibility index (Phi) is 6.01. The molecule has 1 aliphatic rings.